The number of aryl methyl sites for hydroxylation is 1. The summed E-state index contributed by atoms with van der Waals surface area (Å²) in [7, 11) is 0. The number of halogens is 6. The lowest BCUT2D eigenvalue weighted by atomic mass is 9.78. The van der Waals surface area contributed by atoms with E-state index < -0.39 is 30.0 Å². The molecule has 0 aliphatic carbocycles. The van der Waals surface area contributed by atoms with Crippen LogP contribution in [0.1, 0.15) is 11.4 Å². The Morgan fingerprint density at radius 3 is 2.00 bits per heavy atom. The lowest BCUT2D eigenvalue weighted by Gasteiger charge is -2.16. The Hall–Kier alpha value is -1.15. The van der Waals surface area contributed by atoms with Gasteiger partial charge in [0.1, 0.15) is 5.69 Å². The summed E-state index contributed by atoms with van der Waals surface area (Å²) in [6.07, 6.45) is -5.09. The zero-order valence-corrected chi connectivity index (χ0v) is 6.79. The SMILES string of the molecule is Cc1[nH]nc(C(F)(F)F)c1[B-](F)(F)F. The monoisotopic (exact) mass is 217 g/mol. The quantitative estimate of drug-likeness (QED) is 0.563. The predicted molar refractivity (Wildman–Crippen MR) is 37.0 cm³/mol. The van der Waals surface area contributed by atoms with Crippen LogP contribution in [0.3, 0.4) is 0 Å². The minimum absolute atomic E-state index is 0.621. The molecule has 1 heterocycles. The van der Waals surface area contributed by atoms with Crippen molar-refractivity contribution in [3.8, 4) is 0 Å². The van der Waals surface area contributed by atoms with Gasteiger partial charge in [0.15, 0.2) is 0 Å². The van der Waals surface area contributed by atoms with Crippen molar-refractivity contribution < 1.29 is 26.1 Å². The highest BCUT2D eigenvalue weighted by molar-refractivity contribution is 6.74. The summed E-state index contributed by atoms with van der Waals surface area (Å²) in [4.78, 5) is 0. The van der Waals surface area contributed by atoms with Gasteiger partial charge in [-0.1, -0.05) is 5.46 Å². The molecule has 0 spiro atoms. The summed E-state index contributed by atoms with van der Waals surface area (Å²) < 4.78 is 72.6. The molecule has 0 aliphatic heterocycles. The lowest BCUT2D eigenvalue weighted by Crippen LogP contribution is -2.40. The third kappa shape index (κ3) is 1.85. The van der Waals surface area contributed by atoms with Crippen LogP contribution in [0, 0.1) is 6.92 Å². The maximum Gasteiger partial charge on any atom is 0.513 e. The molecule has 14 heavy (non-hydrogen) atoms. The fourth-order valence-electron chi connectivity index (χ4n) is 1.05. The minimum atomic E-state index is -5.70. The van der Waals surface area contributed by atoms with Gasteiger partial charge in [-0.25, -0.2) is 0 Å². The number of nitrogens with zero attached hydrogens (tertiary/aromatic N) is 1. The molecule has 1 aromatic heterocycles. The average molecular weight is 217 g/mol. The van der Waals surface area contributed by atoms with Gasteiger partial charge < -0.3 is 12.9 Å². The highest BCUT2D eigenvalue weighted by Crippen LogP contribution is 2.29. The number of nitrogens with one attached hydrogen (secondary N) is 1. The molecule has 0 atom stereocenters. The van der Waals surface area contributed by atoms with Crippen LogP contribution in [-0.2, 0) is 6.18 Å². The van der Waals surface area contributed by atoms with Crippen molar-refractivity contribution in [2.45, 2.75) is 13.1 Å². The molecule has 0 radical (unpaired) electrons. The van der Waals surface area contributed by atoms with E-state index in [9.17, 15) is 26.1 Å². The Bertz CT molecular complexity index is 337. The Morgan fingerprint density at radius 2 is 1.71 bits per heavy atom. The molecular weight excluding hydrogens is 213 g/mol. The highest BCUT2D eigenvalue weighted by atomic mass is 19.4. The van der Waals surface area contributed by atoms with Gasteiger partial charge in [0, 0.05) is 5.69 Å². The van der Waals surface area contributed by atoms with E-state index in [-0.39, 0.29) is 0 Å². The second-order valence-corrected chi connectivity index (χ2v) is 2.68. The molecule has 9 heteroatoms. The van der Waals surface area contributed by atoms with Crippen molar-refractivity contribution in [1.82, 2.24) is 10.2 Å². The molecule has 1 aromatic rings. The molecule has 1 rings (SSSR count). The van der Waals surface area contributed by atoms with Crippen molar-refractivity contribution in [3.63, 3.8) is 0 Å². The summed E-state index contributed by atoms with van der Waals surface area (Å²) in [5.74, 6) is 0. The topological polar surface area (TPSA) is 28.7 Å². The molecular formula is C5H4BF6N2-. The van der Waals surface area contributed by atoms with Gasteiger partial charge in [0.25, 0.3) is 0 Å². The molecule has 1 N–H and O–H groups in total. The number of H-pyrrole nitrogens is 1. The van der Waals surface area contributed by atoms with Crippen molar-refractivity contribution in [2.24, 2.45) is 0 Å². The number of aromatic amines is 1. The highest BCUT2D eigenvalue weighted by Gasteiger charge is 2.43. The first kappa shape index (κ1) is 10.9. The zero-order valence-electron chi connectivity index (χ0n) is 6.79. The molecule has 0 fully saturated rings. The Balaban J connectivity index is 3.35. The van der Waals surface area contributed by atoms with Crippen molar-refractivity contribution in [2.75, 3.05) is 0 Å². The van der Waals surface area contributed by atoms with Gasteiger partial charge in [-0.05, 0) is 6.92 Å². The minimum Gasteiger partial charge on any atom is -0.445 e. The van der Waals surface area contributed by atoms with Crippen molar-refractivity contribution >= 4 is 12.4 Å². The molecule has 0 aliphatic rings. The Morgan fingerprint density at radius 1 is 1.21 bits per heavy atom. The number of hydrogen-bond donors (Lipinski definition) is 1. The van der Waals surface area contributed by atoms with Crippen LogP contribution in [0.4, 0.5) is 26.1 Å². The number of aromatic nitrogens is 2. The Kier molecular flexibility index (Phi) is 2.28. The molecule has 0 saturated heterocycles. The van der Waals surface area contributed by atoms with E-state index in [1.54, 1.807) is 5.10 Å². The van der Waals surface area contributed by atoms with Crippen LogP contribution in [0.15, 0.2) is 0 Å². The molecule has 0 saturated carbocycles. The first-order valence-electron chi connectivity index (χ1n) is 3.46. The van der Waals surface area contributed by atoms with Crippen LogP contribution >= 0.6 is 0 Å². The van der Waals surface area contributed by atoms with Crippen LogP contribution in [0.2, 0.25) is 0 Å². The third-order valence-electron chi connectivity index (χ3n) is 1.59. The average Bonchev–Trinajstić information content (AvgIpc) is 2.27. The number of alkyl halides is 3. The van der Waals surface area contributed by atoms with E-state index in [0.717, 1.165) is 6.92 Å². The van der Waals surface area contributed by atoms with E-state index in [1.165, 1.54) is 0 Å². The molecule has 2 nitrogen and oxygen atoms in total. The second kappa shape index (κ2) is 2.92. The van der Waals surface area contributed by atoms with Crippen molar-refractivity contribution in [1.29, 1.82) is 0 Å². The van der Waals surface area contributed by atoms with E-state index in [2.05, 4.69) is 5.10 Å². The second-order valence-electron chi connectivity index (χ2n) is 2.68. The molecule has 0 aromatic carbocycles. The summed E-state index contributed by atoms with van der Waals surface area (Å²) in [6, 6.07) is 0. The molecule has 0 unspecified atom stereocenters. The van der Waals surface area contributed by atoms with Crippen LogP contribution in [0.25, 0.3) is 0 Å². The zero-order chi connectivity index (χ0) is 11.1. The number of rotatable bonds is 1. The molecule has 0 bridgehead atoms. The first-order valence-corrected chi connectivity index (χ1v) is 3.46. The smallest absolute Gasteiger partial charge is 0.445 e. The van der Waals surface area contributed by atoms with Crippen LogP contribution < -0.4 is 5.46 Å². The molecule has 0 amide bonds. The van der Waals surface area contributed by atoms with Gasteiger partial charge in [-0.2, -0.15) is 18.3 Å². The van der Waals surface area contributed by atoms with Gasteiger partial charge in [0.2, 0.25) is 0 Å². The fourth-order valence-corrected chi connectivity index (χ4v) is 1.05. The maximum absolute atomic E-state index is 12.2. The van der Waals surface area contributed by atoms with Gasteiger partial charge >= 0.3 is 13.2 Å². The summed E-state index contributed by atoms with van der Waals surface area (Å²) in [5.41, 5.74) is -4.22. The van der Waals surface area contributed by atoms with E-state index >= 15 is 0 Å². The normalized spacial score (nSPS) is 13.4. The summed E-state index contributed by atoms with van der Waals surface area (Å²) >= 11 is 0. The predicted octanol–water partition coefficient (Wildman–Crippen LogP) is 1.79. The molecule has 80 valence electrons. The fraction of sp³-hybridized carbons (Fsp3) is 0.400. The van der Waals surface area contributed by atoms with Crippen molar-refractivity contribution in [3.05, 3.63) is 11.4 Å². The van der Waals surface area contributed by atoms with E-state index in [1.807, 2.05) is 0 Å². The van der Waals surface area contributed by atoms with Gasteiger partial charge in [0.05, 0.1) is 0 Å². The summed E-state index contributed by atoms with van der Waals surface area (Å²) in [6.45, 7) is -4.81. The van der Waals surface area contributed by atoms with Gasteiger partial charge in [-0.3, -0.25) is 5.10 Å². The van der Waals surface area contributed by atoms with Crippen LogP contribution in [0.5, 0.6) is 0 Å². The maximum atomic E-state index is 12.2. The third-order valence-corrected chi connectivity index (χ3v) is 1.59. The summed E-state index contributed by atoms with van der Waals surface area (Å²) in [5, 5.41) is 4.28. The lowest BCUT2D eigenvalue weighted by molar-refractivity contribution is -0.140. The largest absolute Gasteiger partial charge is 0.513 e. The standard InChI is InChI=1S/C5H4BF6N2/c1-2-3(6(10,11)12)4(14-13-2)5(7,8)9/h1H3,(H,13,14)/q-1. The van der Waals surface area contributed by atoms with E-state index in [4.69, 9.17) is 0 Å². The first-order chi connectivity index (χ1) is 6.14. The van der Waals surface area contributed by atoms with Crippen LogP contribution in [-0.4, -0.2) is 17.2 Å². The Labute approximate surface area is 74.4 Å². The number of hydrogen-bond acceptors (Lipinski definition) is 1. The van der Waals surface area contributed by atoms with Gasteiger partial charge in [-0.15, -0.1) is 0 Å². The van der Waals surface area contributed by atoms with E-state index in [0.29, 0.717) is 0 Å².